The molecule has 3 atom stereocenters. The van der Waals surface area contributed by atoms with Crippen LogP contribution in [0.1, 0.15) is 50.2 Å². The fourth-order valence-electron chi connectivity index (χ4n) is 2.50. The SMILES string of the molecule is Cc1ccc(C(C)NC2CCCC(N)C2)o1. The Bertz CT molecular complexity index is 334. The second kappa shape index (κ2) is 5.02. The van der Waals surface area contributed by atoms with Crippen LogP contribution in [0.4, 0.5) is 0 Å². The molecule has 1 aromatic heterocycles. The minimum absolute atomic E-state index is 0.281. The summed E-state index contributed by atoms with van der Waals surface area (Å²) in [6.07, 6.45) is 4.73. The summed E-state index contributed by atoms with van der Waals surface area (Å²) in [4.78, 5) is 0. The van der Waals surface area contributed by atoms with Gasteiger partial charge in [0.25, 0.3) is 0 Å². The Morgan fingerprint density at radius 3 is 2.88 bits per heavy atom. The van der Waals surface area contributed by atoms with E-state index in [9.17, 15) is 0 Å². The first kappa shape index (κ1) is 11.7. The number of hydrogen-bond acceptors (Lipinski definition) is 3. The van der Waals surface area contributed by atoms with Gasteiger partial charge in [-0.2, -0.15) is 0 Å². The van der Waals surface area contributed by atoms with Gasteiger partial charge in [0, 0.05) is 12.1 Å². The predicted octanol–water partition coefficient (Wildman–Crippen LogP) is 2.51. The molecule has 0 bridgehead atoms. The Kier molecular flexibility index (Phi) is 3.66. The molecule has 0 spiro atoms. The van der Waals surface area contributed by atoms with Crippen LogP contribution >= 0.6 is 0 Å². The normalized spacial score (nSPS) is 27.9. The van der Waals surface area contributed by atoms with E-state index in [1.54, 1.807) is 0 Å². The number of furan rings is 1. The first-order valence-electron chi connectivity index (χ1n) is 6.23. The molecular weight excluding hydrogens is 200 g/mol. The number of aryl methyl sites for hydroxylation is 1. The number of rotatable bonds is 3. The number of nitrogens with one attached hydrogen (secondary N) is 1. The Hall–Kier alpha value is -0.800. The van der Waals surface area contributed by atoms with Crippen LogP contribution in [0, 0.1) is 6.92 Å². The van der Waals surface area contributed by atoms with Crippen LogP contribution in [0.15, 0.2) is 16.5 Å². The quantitative estimate of drug-likeness (QED) is 0.826. The molecule has 1 aliphatic rings. The van der Waals surface area contributed by atoms with Gasteiger partial charge < -0.3 is 15.5 Å². The molecule has 0 radical (unpaired) electrons. The second-order valence-corrected chi connectivity index (χ2v) is 4.96. The van der Waals surface area contributed by atoms with Crippen molar-refractivity contribution in [1.29, 1.82) is 0 Å². The van der Waals surface area contributed by atoms with Gasteiger partial charge in [-0.05, 0) is 45.2 Å². The van der Waals surface area contributed by atoms with Crippen molar-refractivity contribution < 1.29 is 4.42 Å². The van der Waals surface area contributed by atoms with E-state index >= 15 is 0 Å². The standard InChI is InChI=1S/C13H22N2O/c1-9-6-7-13(16-9)10(2)15-12-5-3-4-11(14)8-12/h6-7,10-12,15H,3-5,8,14H2,1-2H3. The van der Waals surface area contributed by atoms with Crippen molar-refractivity contribution in [2.75, 3.05) is 0 Å². The minimum Gasteiger partial charge on any atom is -0.465 e. The number of hydrogen-bond donors (Lipinski definition) is 2. The molecule has 16 heavy (non-hydrogen) atoms. The van der Waals surface area contributed by atoms with Crippen molar-refractivity contribution in [3.8, 4) is 0 Å². The summed E-state index contributed by atoms with van der Waals surface area (Å²) in [6.45, 7) is 4.13. The van der Waals surface area contributed by atoms with Crippen LogP contribution < -0.4 is 11.1 Å². The summed E-state index contributed by atoms with van der Waals surface area (Å²) < 4.78 is 5.62. The summed E-state index contributed by atoms with van der Waals surface area (Å²) in [5.41, 5.74) is 5.98. The first-order valence-corrected chi connectivity index (χ1v) is 6.23. The summed E-state index contributed by atoms with van der Waals surface area (Å²) >= 11 is 0. The lowest BCUT2D eigenvalue weighted by atomic mass is 9.91. The van der Waals surface area contributed by atoms with Crippen molar-refractivity contribution in [2.45, 2.75) is 57.7 Å². The van der Waals surface area contributed by atoms with Crippen LogP contribution in [-0.2, 0) is 0 Å². The maximum absolute atomic E-state index is 5.98. The lowest BCUT2D eigenvalue weighted by Gasteiger charge is -2.29. The van der Waals surface area contributed by atoms with Crippen molar-refractivity contribution in [3.63, 3.8) is 0 Å². The Labute approximate surface area is 97.4 Å². The molecule has 3 N–H and O–H groups in total. The molecule has 3 unspecified atom stereocenters. The van der Waals surface area contributed by atoms with Gasteiger partial charge in [-0.25, -0.2) is 0 Å². The van der Waals surface area contributed by atoms with Gasteiger partial charge >= 0.3 is 0 Å². The van der Waals surface area contributed by atoms with E-state index in [-0.39, 0.29) is 6.04 Å². The largest absolute Gasteiger partial charge is 0.465 e. The maximum atomic E-state index is 5.98. The zero-order chi connectivity index (χ0) is 11.5. The molecule has 0 aliphatic heterocycles. The molecule has 2 rings (SSSR count). The zero-order valence-corrected chi connectivity index (χ0v) is 10.2. The molecule has 3 heteroatoms. The van der Waals surface area contributed by atoms with E-state index in [0.29, 0.717) is 12.1 Å². The average molecular weight is 222 g/mol. The van der Waals surface area contributed by atoms with E-state index in [1.807, 2.05) is 13.0 Å². The molecule has 1 fully saturated rings. The Balaban J connectivity index is 1.89. The first-order chi connectivity index (χ1) is 7.65. The van der Waals surface area contributed by atoms with Crippen LogP contribution in [0.2, 0.25) is 0 Å². The van der Waals surface area contributed by atoms with Crippen molar-refractivity contribution >= 4 is 0 Å². The second-order valence-electron chi connectivity index (χ2n) is 4.96. The molecule has 1 aliphatic carbocycles. The van der Waals surface area contributed by atoms with Gasteiger partial charge in [-0.15, -0.1) is 0 Å². The fourth-order valence-corrected chi connectivity index (χ4v) is 2.50. The zero-order valence-electron chi connectivity index (χ0n) is 10.2. The highest BCUT2D eigenvalue weighted by Gasteiger charge is 2.21. The maximum Gasteiger partial charge on any atom is 0.120 e. The highest BCUT2D eigenvalue weighted by Crippen LogP contribution is 2.22. The van der Waals surface area contributed by atoms with Crippen LogP contribution in [0.3, 0.4) is 0 Å². The third-order valence-corrected chi connectivity index (χ3v) is 3.39. The molecule has 1 aromatic rings. The molecule has 90 valence electrons. The minimum atomic E-state index is 0.281. The van der Waals surface area contributed by atoms with Crippen molar-refractivity contribution in [1.82, 2.24) is 5.32 Å². The van der Waals surface area contributed by atoms with Crippen LogP contribution in [-0.4, -0.2) is 12.1 Å². The lowest BCUT2D eigenvalue weighted by Crippen LogP contribution is -2.40. The summed E-state index contributed by atoms with van der Waals surface area (Å²) in [5, 5.41) is 3.61. The molecule has 0 amide bonds. The molecule has 1 saturated carbocycles. The Morgan fingerprint density at radius 1 is 1.44 bits per heavy atom. The van der Waals surface area contributed by atoms with Gasteiger partial charge in [0.05, 0.1) is 6.04 Å². The van der Waals surface area contributed by atoms with Gasteiger partial charge in [0.1, 0.15) is 11.5 Å². The van der Waals surface area contributed by atoms with Crippen LogP contribution in [0.25, 0.3) is 0 Å². The van der Waals surface area contributed by atoms with Gasteiger partial charge in [0.15, 0.2) is 0 Å². The Morgan fingerprint density at radius 2 is 2.25 bits per heavy atom. The van der Waals surface area contributed by atoms with Crippen LogP contribution in [0.5, 0.6) is 0 Å². The van der Waals surface area contributed by atoms with E-state index < -0.39 is 0 Å². The molecule has 3 nitrogen and oxygen atoms in total. The van der Waals surface area contributed by atoms with E-state index in [1.165, 1.54) is 19.3 Å². The van der Waals surface area contributed by atoms with E-state index in [0.717, 1.165) is 17.9 Å². The van der Waals surface area contributed by atoms with Gasteiger partial charge in [-0.3, -0.25) is 0 Å². The van der Waals surface area contributed by atoms with E-state index in [4.69, 9.17) is 10.2 Å². The van der Waals surface area contributed by atoms with Gasteiger partial charge in [0.2, 0.25) is 0 Å². The topological polar surface area (TPSA) is 51.2 Å². The summed E-state index contributed by atoms with van der Waals surface area (Å²) in [5.74, 6) is 2.00. The summed E-state index contributed by atoms with van der Waals surface area (Å²) in [7, 11) is 0. The molecular formula is C13H22N2O. The van der Waals surface area contributed by atoms with E-state index in [2.05, 4.69) is 18.3 Å². The molecule has 0 saturated heterocycles. The highest BCUT2D eigenvalue weighted by atomic mass is 16.3. The third kappa shape index (κ3) is 2.86. The number of nitrogens with two attached hydrogens (primary N) is 1. The molecule has 1 heterocycles. The fraction of sp³-hybridized carbons (Fsp3) is 0.692. The highest BCUT2D eigenvalue weighted by molar-refractivity contribution is 5.09. The van der Waals surface area contributed by atoms with Gasteiger partial charge in [-0.1, -0.05) is 6.42 Å². The smallest absolute Gasteiger partial charge is 0.120 e. The summed E-state index contributed by atoms with van der Waals surface area (Å²) in [6, 6.07) is 5.26. The monoisotopic (exact) mass is 222 g/mol. The predicted molar refractivity (Wildman–Crippen MR) is 65.2 cm³/mol. The van der Waals surface area contributed by atoms with Crippen molar-refractivity contribution in [2.24, 2.45) is 5.73 Å². The van der Waals surface area contributed by atoms with Crippen molar-refractivity contribution in [3.05, 3.63) is 23.7 Å². The molecule has 0 aromatic carbocycles. The average Bonchev–Trinajstić information content (AvgIpc) is 2.65. The third-order valence-electron chi connectivity index (χ3n) is 3.39. The lowest BCUT2D eigenvalue weighted by molar-refractivity contribution is 0.300.